The largest absolute Gasteiger partial charge is 0.0986 e. The van der Waals surface area contributed by atoms with Crippen molar-refractivity contribution < 1.29 is 0 Å². The monoisotopic (exact) mass is 462 g/mol. The summed E-state index contributed by atoms with van der Waals surface area (Å²) in [5, 5.41) is 0. The predicted octanol–water partition coefficient (Wildman–Crippen LogP) is 9.60. The molecule has 2 unspecified atom stereocenters. The van der Waals surface area contributed by atoms with Crippen molar-refractivity contribution in [3.63, 3.8) is 0 Å². The Bertz CT molecular complexity index is 1220. The Morgan fingerprint density at radius 2 is 1.74 bits per heavy atom. The first-order valence-corrected chi connectivity index (χ1v) is 13.8. The minimum atomic E-state index is 0.364. The number of fused-ring (bicyclic) bond motifs is 1. The predicted molar refractivity (Wildman–Crippen MR) is 153 cm³/mol. The fraction of sp³-hybridized carbons (Fsp3) is 0.429. The molecule has 0 aromatic heterocycles. The molecule has 3 aliphatic carbocycles. The summed E-state index contributed by atoms with van der Waals surface area (Å²) < 4.78 is 0. The maximum Gasteiger partial charge on any atom is 0.00826 e. The molecule has 182 valence electrons. The zero-order valence-corrected chi connectivity index (χ0v) is 22.3. The maximum atomic E-state index is 4.44. The molecular weight excluding hydrogens is 420 g/mol. The highest BCUT2D eigenvalue weighted by Crippen LogP contribution is 2.43. The Morgan fingerprint density at radius 1 is 0.943 bits per heavy atom. The Hall–Kier alpha value is -2.60. The van der Waals surface area contributed by atoms with Crippen LogP contribution >= 0.6 is 0 Å². The molecule has 2 aromatic rings. The molecule has 0 bridgehead atoms. The molecule has 0 nitrogen and oxygen atoms in total. The molecule has 1 saturated carbocycles. The van der Waals surface area contributed by atoms with Crippen molar-refractivity contribution in [1.29, 1.82) is 0 Å². The van der Waals surface area contributed by atoms with Crippen molar-refractivity contribution in [2.75, 3.05) is 0 Å². The van der Waals surface area contributed by atoms with Gasteiger partial charge in [0.25, 0.3) is 0 Å². The molecule has 0 amide bonds. The number of benzene rings is 2. The number of rotatable bonds is 5. The van der Waals surface area contributed by atoms with Crippen molar-refractivity contribution >= 4 is 6.08 Å². The van der Waals surface area contributed by atoms with Gasteiger partial charge in [0, 0.05) is 5.92 Å². The van der Waals surface area contributed by atoms with E-state index in [1.165, 1.54) is 82.2 Å². The van der Waals surface area contributed by atoms with Gasteiger partial charge in [0.2, 0.25) is 0 Å². The van der Waals surface area contributed by atoms with Crippen molar-refractivity contribution in [1.82, 2.24) is 0 Å². The zero-order chi connectivity index (χ0) is 24.7. The van der Waals surface area contributed by atoms with Gasteiger partial charge in [0.15, 0.2) is 0 Å². The lowest BCUT2D eigenvalue weighted by atomic mass is 9.75. The fourth-order valence-electron chi connectivity index (χ4n) is 6.87. The van der Waals surface area contributed by atoms with E-state index in [-0.39, 0.29) is 0 Å². The Labute approximate surface area is 213 Å². The molecule has 1 fully saturated rings. The average molecular weight is 463 g/mol. The third-order valence-corrected chi connectivity index (χ3v) is 9.18. The molecule has 0 N–H and O–H groups in total. The molecule has 0 spiro atoms. The highest BCUT2D eigenvalue weighted by Gasteiger charge is 2.28. The third kappa shape index (κ3) is 4.77. The first-order valence-electron chi connectivity index (χ1n) is 13.8. The summed E-state index contributed by atoms with van der Waals surface area (Å²) in [6, 6.07) is 11.8. The Morgan fingerprint density at radius 3 is 2.54 bits per heavy atom. The van der Waals surface area contributed by atoms with Crippen LogP contribution in [0.5, 0.6) is 0 Å². The zero-order valence-electron chi connectivity index (χ0n) is 22.3. The number of hydrogen-bond acceptors (Lipinski definition) is 0. The second-order valence-corrected chi connectivity index (χ2v) is 11.7. The van der Waals surface area contributed by atoms with Crippen molar-refractivity contribution in [3.05, 3.63) is 100 Å². The van der Waals surface area contributed by atoms with E-state index >= 15 is 0 Å². The van der Waals surface area contributed by atoms with Gasteiger partial charge < -0.3 is 0 Å². The van der Waals surface area contributed by atoms with E-state index in [2.05, 4.69) is 89.4 Å². The van der Waals surface area contributed by atoms with Crippen LogP contribution < -0.4 is 0 Å². The second kappa shape index (κ2) is 9.81. The van der Waals surface area contributed by atoms with Gasteiger partial charge in [-0.1, -0.05) is 112 Å². The molecule has 2 aromatic carbocycles. The smallest absolute Gasteiger partial charge is 0.00826 e. The van der Waals surface area contributed by atoms with Gasteiger partial charge in [-0.25, -0.2) is 0 Å². The van der Waals surface area contributed by atoms with E-state index in [4.69, 9.17) is 0 Å². The van der Waals surface area contributed by atoms with Gasteiger partial charge in [0.05, 0.1) is 0 Å². The van der Waals surface area contributed by atoms with Gasteiger partial charge in [0.1, 0.15) is 0 Å². The summed E-state index contributed by atoms with van der Waals surface area (Å²) in [6.45, 7) is 18.1. The molecule has 5 rings (SSSR count). The molecule has 0 saturated heterocycles. The molecule has 4 atom stereocenters. The van der Waals surface area contributed by atoms with Crippen LogP contribution in [0.15, 0.2) is 72.4 Å². The van der Waals surface area contributed by atoms with Crippen LogP contribution in [0.25, 0.3) is 17.2 Å². The number of aryl methyl sites for hydroxylation is 2. The van der Waals surface area contributed by atoms with E-state index in [0.717, 1.165) is 24.7 Å². The first-order chi connectivity index (χ1) is 16.8. The maximum absolute atomic E-state index is 4.44. The Kier molecular flexibility index (Phi) is 6.75. The van der Waals surface area contributed by atoms with Gasteiger partial charge in [-0.2, -0.15) is 0 Å². The van der Waals surface area contributed by atoms with E-state index in [9.17, 15) is 0 Å². The molecule has 0 aliphatic heterocycles. The number of hydrogen-bond donors (Lipinski definition) is 0. The van der Waals surface area contributed by atoms with Crippen LogP contribution in [0, 0.1) is 37.5 Å². The van der Waals surface area contributed by atoms with Crippen LogP contribution in [-0.4, -0.2) is 0 Å². The average Bonchev–Trinajstić information content (AvgIpc) is 3.25. The quantitative estimate of drug-likeness (QED) is 0.388. The topological polar surface area (TPSA) is 0 Å². The third-order valence-electron chi connectivity index (χ3n) is 9.18. The fourth-order valence-corrected chi connectivity index (χ4v) is 6.87. The van der Waals surface area contributed by atoms with E-state index in [1.54, 1.807) is 5.56 Å². The first kappa shape index (κ1) is 24.1. The molecule has 0 radical (unpaired) electrons. The lowest BCUT2D eigenvalue weighted by Gasteiger charge is -2.30. The normalized spacial score (nSPS) is 26.1. The van der Waals surface area contributed by atoms with E-state index < -0.39 is 0 Å². The van der Waals surface area contributed by atoms with Gasteiger partial charge in [-0.15, -0.1) is 0 Å². The minimum absolute atomic E-state index is 0.364. The highest BCUT2D eigenvalue weighted by molar-refractivity contribution is 5.80. The van der Waals surface area contributed by atoms with Crippen molar-refractivity contribution in [3.8, 4) is 11.1 Å². The van der Waals surface area contributed by atoms with E-state index in [0.29, 0.717) is 11.8 Å². The summed E-state index contributed by atoms with van der Waals surface area (Å²) in [7, 11) is 0. The van der Waals surface area contributed by atoms with E-state index in [1.807, 2.05) is 0 Å². The van der Waals surface area contributed by atoms with Crippen LogP contribution in [0.4, 0.5) is 0 Å². The molecule has 3 aliphatic rings. The van der Waals surface area contributed by atoms with Crippen LogP contribution in [-0.2, 0) is 12.8 Å². The van der Waals surface area contributed by atoms with Crippen molar-refractivity contribution in [2.24, 2.45) is 23.7 Å². The lowest BCUT2D eigenvalue weighted by Crippen LogP contribution is -2.19. The molecule has 35 heavy (non-hydrogen) atoms. The highest BCUT2D eigenvalue weighted by atomic mass is 14.3. The summed E-state index contributed by atoms with van der Waals surface area (Å²) in [5.74, 6) is 2.45. The standard InChI is InChI=1S/C35H42/c1-22-16-26(5)33(21-29-11-8-7-10-24(29)3)35(17-22)31-13-9-12-30-18-28(20-34(30)31)19-32-25(4)15-14-23(2)27(32)6/h9,12-18,23-24,29,32H,4,6-8,10-11,19-21H2,1-3,5H3/t23?,24-,29-,32?/m1/s1. The van der Waals surface area contributed by atoms with Crippen LogP contribution in [0.1, 0.15) is 73.8 Å². The molecule has 0 heterocycles. The minimum Gasteiger partial charge on any atom is -0.0986 e. The van der Waals surface area contributed by atoms with Crippen molar-refractivity contribution in [2.45, 2.75) is 72.6 Å². The van der Waals surface area contributed by atoms with Gasteiger partial charge in [-0.05, 0) is 96.2 Å². The van der Waals surface area contributed by atoms with Gasteiger partial charge >= 0.3 is 0 Å². The van der Waals surface area contributed by atoms with Crippen LogP contribution in [0.3, 0.4) is 0 Å². The Balaban J connectivity index is 1.46. The van der Waals surface area contributed by atoms with Crippen LogP contribution in [0.2, 0.25) is 0 Å². The molecule has 0 heteroatoms. The number of allylic oxidation sites excluding steroid dienone is 5. The summed E-state index contributed by atoms with van der Waals surface area (Å²) in [6.07, 6.45) is 15.8. The summed E-state index contributed by atoms with van der Waals surface area (Å²) >= 11 is 0. The van der Waals surface area contributed by atoms with Gasteiger partial charge in [-0.3, -0.25) is 0 Å². The lowest BCUT2D eigenvalue weighted by molar-refractivity contribution is 0.254. The summed E-state index contributed by atoms with van der Waals surface area (Å²) in [5.41, 5.74) is 14.3. The second-order valence-electron chi connectivity index (χ2n) is 11.7. The SMILES string of the molecule is C=C1C=CC(C)C(=C)C1CC1=Cc2cccc(-c3cc(C)cc(C)c3C[C@H]3CCCC[C@H]3C)c2C1. The summed E-state index contributed by atoms with van der Waals surface area (Å²) in [4.78, 5) is 0. The molecular formula is C35H42.